The second-order valence-electron chi connectivity index (χ2n) is 18.2. The van der Waals surface area contributed by atoms with Gasteiger partial charge in [0.15, 0.2) is 0 Å². The number of benzene rings is 5. The molecule has 6 rings (SSSR count). The molecule has 0 fully saturated rings. The summed E-state index contributed by atoms with van der Waals surface area (Å²) in [5.74, 6) is -4.25. The lowest BCUT2D eigenvalue weighted by Crippen LogP contribution is -2.52. The van der Waals surface area contributed by atoms with Crippen LogP contribution in [0.3, 0.4) is 0 Å². The lowest BCUT2D eigenvalue weighted by molar-refractivity contribution is -0.384. The Hall–Kier alpha value is -9.14. The van der Waals surface area contributed by atoms with Gasteiger partial charge in [-0.05, 0) is 91.3 Å². The number of hydrogen-bond acceptors (Lipinski definition) is 14. The van der Waals surface area contributed by atoms with Crippen LogP contribution in [0, 0.1) is 10.1 Å². The summed E-state index contributed by atoms with van der Waals surface area (Å²) in [7, 11) is 0. The van der Waals surface area contributed by atoms with Gasteiger partial charge in [-0.25, -0.2) is 9.59 Å². The number of anilines is 1. The van der Waals surface area contributed by atoms with Crippen LogP contribution < -0.4 is 36.6 Å². The number of nitro groups is 1. The number of rotatable bonds is 23. The predicted octanol–water partition coefficient (Wildman–Crippen LogP) is 5.74. The van der Waals surface area contributed by atoms with Gasteiger partial charge in [0, 0.05) is 36.6 Å². The van der Waals surface area contributed by atoms with E-state index in [-0.39, 0.29) is 56.3 Å². The van der Waals surface area contributed by atoms with Crippen molar-refractivity contribution in [3.05, 3.63) is 160 Å². The zero-order valence-electron chi connectivity index (χ0n) is 41.4. The van der Waals surface area contributed by atoms with Crippen LogP contribution in [0.15, 0.2) is 127 Å². The van der Waals surface area contributed by atoms with Crippen molar-refractivity contribution in [2.24, 2.45) is 0 Å². The maximum atomic E-state index is 13.5. The zero-order chi connectivity index (χ0) is 53.9. The van der Waals surface area contributed by atoms with Crippen LogP contribution in [0.1, 0.15) is 68.2 Å². The van der Waals surface area contributed by atoms with Crippen molar-refractivity contribution in [2.45, 2.75) is 76.7 Å². The maximum absolute atomic E-state index is 13.5. The number of hydrogen-bond donors (Lipinski definition) is 6. The number of carbonyl (C=O) groups is 8. The highest BCUT2D eigenvalue weighted by Crippen LogP contribution is 2.44. The Morgan fingerprint density at radius 3 is 1.84 bits per heavy atom. The van der Waals surface area contributed by atoms with Gasteiger partial charge in [0.05, 0.1) is 24.6 Å². The molecule has 2 atom stereocenters. The topological polar surface area (TPSA) is 289 Å². The summed E-state index contributed by atoms with van der Waals surface area (Å²) >= 11 is 0. The van der Waals surface area contributed by atoms with Crippen molar-refractivity contribution in [3.63, 3.8) is 0 Å². The van der Waals surface area contributed by atoms with Gasteiger partial charge >= 0.3 is 18.2 Å². The first-order valence-corrected chi connectivity index (χ1v) is 23.9. The normalized spacial score (nSPS) is 12.3. The molecule has 1 aliphatic carbocycles. The summed E-state index contributed by atoms with van der Waals surface area (Å²) in [5, 5.41) is 26.0. The van der Waals surface area contributed by atoms with Crippen LogP contribution in [-0.2, 0) is 56.0 Å². The molecule has 21 nitrogen and oxygen atoms in total. The van der Waals surface area contributed by atoms with E-state index in [4.69, 9.17) is 18.9 Å². The van der Waals surface area contributed by atoms with Gasteiger partial charge in [0.1, 0.15) is 36.6 Å². The third-order valence-electron chi connectivity index (χ3n) is 11.3. The third kappa shape index (κ3) is 17.5. The second kappa shape index (κ2) is 26.5. The molecule has 1 aliphatic rings. The van der Waals surface area contributed by atoms with Crippen LogP contribution in [0.5, 0.6) is 5.75 Å². The lowest BCUT2D eigenvalue weighted by atomic mass is 9.98. The van der Waals surface area contributed by atoms with Crippen LogP contribution in [0.25, 0.3) is 11.1 Å². The molecule has 5 aromatic rings. The third-order valence-corrected chi connectivity index (χ3v) is 11.3. The molecule has 0 aromatic heterocycles. The summed E-state index contributed by atoms with van der Waals surface area (Å²) in [6.45, 7) is 3.31. The molecule has 0 aliphatic heterocycles. The second-order valence-corrected chi connectivity index (χ2v) is 18.2. The number of alkyl carbamates (subject to hydrolysis) is 1. The molecule has 392 valence electrons. The van der Waals surface area contributed by atoms with Gasteiger partial charge in [0.2, 0.25) is 29.5 Å². The van der Waals surface area contributed by atoms with E-state index in [9.17, 15) is 48.5 Å². The molecule has 21 heteroatoms. The molecule has 5 aromatic carbocycles. The molecule has 0 saturated carbocycles. The van der Waals surface area contributed by atoms with Crippen molar-refractivity contribution >= 4 is 59.1 Å². The smallest absolute Gasteiger partial charge is 0.460 e. The highest BCUT2D eigenvalue weighted by molar-refractivity contribution is 5.97. The van der Waals surface area contributed by atoms with E-state index in [1.54, 1.807) is 63.2 Å². The molecule has 0 unspecified atom stereocenters. The first kappa shape index (κ1) is 55.2. The van der Waals surface area contributed by atoms with Crippen molar-refractivity contribution < 1.29 is 62.2 Å². The minimum Gasteiger partial charge on any atom is -0.460 e. The van der Waals surface area contributed by atoms with Gasteiger partial charge in [-0.15, -0.1) is 0 Å². The lowest BCUT2D eigenvalue weighted by Gasteiger charge is -2.21. The van der Waals surface area contributed by atoms with E-state index >= 15 is 0 Å². The number of carbonyl (C=O) groups excluding carboxylic acids is 8. The Bertz CT molecular complexity index is 2810. The van der Waals surface area contributed by atoms with E-state index in [1.807, 2.05) is 48.5 Å². The molecule has 6 N–H and O–H groups in total. The fourth-order valence-electron chi connectivity index (χ4n) is 7.81. The van der Waals surface area contributed by atoms with Crippen LogP contribution in [-0.4, -0.2) is 96.6 Å². The maximum Gasteiger partial charge on any atom is 0.514 e. The number of non-ortho nitro benzene ring substituents is 1. The van der Waals surface area contributed by atoms with E-state index in [0.717, 1.165) is 22.3 Å². The molecule has 75 heavy (non-hydrogen) atoms. The molecule has 0 radical (unpaired) electrons. The monoisotopic (exact) mass is 1030 g/mol. The number of nitrogens with zero attached hydrogens (tertiary/aromatic N) is 1. The number of esters is 1. The Morgan fingerprint density at radius 2 is 1.21 bits per heavy atom. The summed E-state index contributed by atoms with van der Waals surface area (Å²) in [6, 6.07) is 33.1. The number of amides is 6. The Balaban J connectivity index is 0.957. The fourth-order valence-corrected chi connectivity index (χ4v) is 7.81. The highest BCUT2D eigenvalue weighted by atomic mass is 16.7. The summed E-state index contributed by atoms with van der Waals surface area (Å²) in [5.41, 5.74) is 4.74. The van der Waals surface area contributed by atoms with E-state index in [2.05, 4.69) is 31.9 Å². The SMILES string of the molecule is CC(C)(C)OC(=O)CCC[C@H](NC(=O)OCC1c2ccccc2-c2ccccc21)C(=O)NCC(=O)NCC(=O)N[C@@H](Cc1ccccc1)C(=O)NCC(=O)Nc1ccc(COC(=O)Oc2ccc([N+](=O)[O-])cc2)cc1. The number of nitrogens with one attached hydrogen (secondary N) is 6. The molecule has 0 heterocycles. The minimum atomic E-state index is -1.22. The zero-order valence-corrected chi connectivity index (χ0v) is 41.4. The molecular formula is C54H57N7O14. The van der Waals surface area contributed by atoms with E-state index < -0.39 is 90.0 Å². The molecule has 0 saturated heterocycles. The van der Waals surface area contributed by atoms with Gasteiger partial charge in [-0.3, -0.25) is 38.9 Å². The van der Waals surface area contributed by atoms with Crippen molar-refractivity contribution in [1.82, 2.24) is 26.6 Å². The van der Waals surface area contributed by atoms with Crippen LogP contribution in [0.4, 0.5) is 21.0 Å². The average Bonchev–Trinajstić information content (AvgIpc) is 3.71. The van der Waals surface area contributed by atoms with Crippen LogP contribution in [0.2, 0.25) is 0 Å². The molecule has 0 bridgehead atoms. The van der Waals surface area contributed by atoms with E-state index in [0.29, 0.717) is 16.8 Å². The number of ether oxygens (including phenoxy) is 4. The fraction of sp³-hybridized carbons (Fsp3) is 0.296. The standard InChI is InChI=1S/C54H57N7O14/c1-54(2,3)75-49(65)19-11-18-44(60-52(68)72-33-43-41-16-9-7-14-39(41)40-15-8-10-17-42(40)43)50(66)56-29-46(62)55-30-48(64)59-45(28-34-12-5-4-6-13-34)51(67)57-31-47(63)58-36-22-20-35(21-23-36)32-73-53(69)74-38-26-24-37(25-27-38)61(70)71/h4-10,12-17,20-27,43-45H,11,18-19,28-33H2,1-3H3,(H,55,62)(H,56,66)(H,57,67)(H,58,63)(H,59,64)(H,60,68)/t44-,45-/m0/s1. The molecule has 6 amide bonds. The first-order chi connectivity index (χ1) is 35.9. The minimum absolute atomic E-state index is 0.00691. The van der Waals surface area contributed by atoms with Gasteiger partial charge < -0.3 is 50.8 Å². The van der Waals surface area contributed by atoms with Gasteiger partial charge in [-0.1, -0.05) is 91.0 Å². The van der Waals surface area contributed by atoms with Crippen LogP contribution >= 0.6 is 0 Å². The van der Waals surface area contributed by atoms with Crippen molar-refractivity contribution in [1.29, 1.82) is 0 Å². The quantitative estimate of drug-likeness (QED) is 0.0150. The Morgan fingerprint density at radius 1 is 0.627 bits per heavy atom. The van der Waals surface area contributed by atoms with Gasteiger partial charge in [0.25, 0.3) is 5.69 Å². The summed E-state index contributed by atoms with van der Waals surface area (Å²) < 4.78 is 21.1. The Labute approximate surface area is 431 Å². The molecular weight excluding hydrogens is 971 g/mol. The average molecular weight is 1030 g/mol. The molecule has 0 spiro atoms. The summed E-state index contributed by atoms with van der Waals surface area (Å²) in [6.07, 6.45) is -1.80. The van der Waals surface area contributed by atoms with Crippen molar-refractivity contribution in [3.8, 4) is 16.9 Å². The first-order valence-electron chi connectivity index (χ1n) is 23.9. The Kier molecular flexibility index (Phi) is 19.5. The largest absolute Gasteiger partial charge is 0.514 e. The number of fused-ring (bicyclic) bond motifs is 3. The van der Waals surface area contributed by atoms with Gasteiger partial charge in [-0.2, -0.15) is 0 Å². The number of nitro benzene ring substituents is 1. The highest BCUT2D eigenvalue weighted by Gasteiger charge is 2.30. The predicted molar refractivity (Wildman–Crippen MR) is 272 cm³/mol. The van der Waals surface area contributed by atoms with E-state index in [1.165, 1.54) is 36.4 Å². The summed E-state index contributed by atoms with van der Waals surface area (Å²) in [4.78, 5) is 114. The van der Waals surface area contributed by atoms with Crippen molar-refractivity contribution in [2.75, 3.05) is 31.6 Å².